The molecule has 8 heteroatoms. The van der Waals surface area contributed by atoms with E-state index in [1.165, 1.54) is 16.4 Å². The van der Waals surface area contributed by atoms with Crippen LogP contribution in [0.5, 0.6) is 0 Å². The number of amides is 1. The second-order valence-electron chi connectivity index (χ2n) is 4.65. The van der Waals surface area contributed by atoms with E-state index in [2.05, 4.69) is 5.32 Å². The SMILES string of the molecule is Cc1cc(S(=O)(=O)N2CCNC(=O)CC2)cc(N)c1Cl. The van der Waals surface area contributed by atoms with Gasteiger partial charge in [-0.2, -0.15) is 4.31 Å². The van der Waals surface area contributed by atoms with E-state index in [4.69, 9.17) is 17.3 Å². The smallest absolute Gasteiger partial charge is 0.243 e. The van der Waals surface area contributed by atoms with E-state index < -0.39 is 10.0 Å². The highest BCUT2D eigenvalue weighted by Gasteiger charge is 2.27. The first-order chi connectivity index (χ1) is 9.32. The van der Waals surface area contributed by atoms with Crippen LogP contribution in [0.3, 0.4) is 0 Å². The minimum atomic E-state index is -3.67. The molecule has 2 rings (SSSR count). The number of hydrogen-bond acceptors (Lipinski definition) is 4. The topological polar surface area (TPSA) is 92.5 Å². The number of carbonyl (C=O) groups is 1. The molecular formula is C12H16ClN3O3S. The van der Waals surface area contributed by atoms with Crippen LogP contribution in [-0.4, -0.2) is 38.3 Å². The van der Waals surface area contributed by atoms with Gasteiger partial charge >= 0.3 is 0 Å². The van der Waals surface area contributed by atoms with Gasteiger partial charge < -0.3 is 11.1 Å². The molecule has 1 aliphatic rings. The van der Waals surface area contributed by atoms with E-state index in [1.807, 2.05) is 0 Å². The van der Waals surface area contributed by atoms with Crippen molar-refractivity contribution < 1.29 is 13.2 Å². The Morgan fingerprint density at radius 2 is 2.05 bits per heavy atom. The number of nitrogens with two attached hydrogens (primary N) is 1. The van der Waals surface area contributed by atoms with Crippen molar-refractivity contribution in [2.75, 3.05) is 25.4 Å². The lowest BCUT2D eigenvalue weighted by Gasteiger charge is -2.20. The lowest BCUT2D eigenvalue weighted by atomic mass is 10.2. The van der Waals surface area contributed by atoms with E-state index in [0.717, 1.165) is 0 Å². The Morgan fingerprint density at radius 1 is 1.35 bits per heavy atom. The first-order valence-corrected chi connectivity index (χ1v) is 7.96. The van der Waals surface area contributed by atoms with Gasteiger partial charge in [0.05, 0.1) is 15.6 Å². The summed E-state index contributed by atoms with van der Waals surface area (Å²) in [5.41, 5.74) is 6.56. The Hall–Kier alpha value is -1.31. The summed E-state index contributed by atoms with van der Waals surface area (Å²) in [6.45, 7) is 2.41. The van der Waals surface area contributed by atoms with Gasteiger partial charge in [-0.25, -0.2) is 8.42 Å². The van der Waals surface area contributed by atoms with Crippen molar-refractivity contribution in [1.82, 2.24) is 9.62 Å². The molecule has 1 saturated heterocycles. The standard InChI is InChI=1S/C12H16ClN3O3S/c1-8-6-9(7-10(14)12(8)13)20(18,19)16-4-2-11(17)15-3-5-16/h6-7H,2-5,14H2,1H3,(H,15,17). The highest BCUT2D eigenvalue weighted by molar-refractivity contribution is 7.89. The van der Waals surface area contributed by atoms with Crippen LogP contribution in [-0.2, 0) is 14.8 Å². The number of rotatable bonds is 2. The van der Waals surface area contributed by atoms with Gasteiger partial charge in [-0.3, -0.25) is 4.79 Å². The largest absolute Gasteiger partial charge is 0.397 e. The number of nitrogens with zero attached hydrogens (tertiary/aromatic N) is 1. The number of nitrogens with one attached hydrogen (secondary N) is 1. The molecule has 0 saturated carbocycles. The second kappa shape index (κ2) is 5.59. The van der Waals surface area contributed by atoms with Gasteiger partial charge in [-0.05, 0) is 24.6 Å². The maximum Gasteiger partial charge on any atom is 0.243 e. The van der Waals surface area contributed by atoms with E-state index in [1.54, 1.807) is 6.92 Å². The molecule has 110 valence electrons. The number of benzene rings is 1. The summed E-state index contributed by atoms with van der Waals surface area (Å²) in [6, 6.07) is 2.85. The van der Waals surface area contributed by atoms with Crippen molar-refractivity contribution in [2.45, 2.75) is 18.2 Å². The summed E-state index contributed by atoms with van der Waals surface area (Å²) in [6.07, 6.45) is 0.154. The van der Waals surface area contributed by atoms with E-state index in [9.17, 15) is 13.2 Å². The summed E-state index contributed by atoms with van der Waals surface area (Å²) in [7, 11) is -3.67. The van der Waals surface area contributed by atoms with Crippen LogP contribution in [0.15, 0.2) is 17.0 Å². The molecule has 1 fully saturated rings. The molecule has 1 aliphatic heterocycles. The van der Waals surface area contributed by atoms with Crippen LogP contribution < -0.4 is 11.1 Å². The number of aryl methyl sites for hydroxylation is 1. The summed E-state index contributed by atoms with van der Waals surface area (Å²) in [4.78, 5) is 11.4. The predicted octanol–water partition coefficient (Wildman–Crippen LogP) is 0.741. The molecule has 3 N–H and O–H groups in total. The molecule has 0 radical (unpaired) electrons. The average molecular weight is 318 g/mol. The summed E-state index contributed by atoms with van der Waals surface area (Å²) in [5, 5.41) is 3.00. The van der Waals surface area contributed by atoms with Crippen LogP contribution >= 0.6 is 11.6 Å². The Bertz CT molecular complexity index is 622. The van der Waals surface area contributed by atoms with Gasteiger partial charge in [0.2, 0.25) is 15.9 Å². The predicted molar refractivity (Wildman–Crippen MR) is 77.0 cm³/mol. The number of carbonyl (C=O) groups excluding carboxylic acids is 1. The van der Waals surface area contributed by atoms with E-state index in [0.29, 0.717) is 17.1 Å². The third-order valence-electron chi connectivity index (χ3n) is 3.17. The van der Waals surface area contributed by atoms with Crippen molar-refractivity contribution in [3.8, 4) is 0 Å². The van der Waals surface area contributed by atoms with Crippen LogP contribution in [0.25, 0.3) is 0 Å². The lowest BCUT2D eigenvalue weighted by molar-refractivity contribution is -0.120. The fourth-order valence-corrected chi connectivity index (χ4v) is 3.72. The zero-order valence-electron chi connectivity index (χ0n) is 11.0. The van der Waals surface area contributed by atoms with Gasteiger partial charge in [0.15, 0.2) is 0 Å². The van der Waals surface area contributed by atoms with Gasteiger partial charge in [0, 0.05) is 26.1 Å². The van der Waals surface area contributed by atoms with Crippen molar-refractivity contribution in [2.24, 2.45) is 0 Å². The molecule has 0 aliphatic carbocycles. The summed E-state index contributed by atoms with van der Waals surface area (Å²) < 4.78 is 26.4. The van der Waals surface area contributed by atoms with Crippen molar-refractivity contribution in [1.29, 1.82) is 0 Å². The molecule has 0 unspecified atom stereocenters. The number of anilines is 1. The number of halogens is 1. The number of sulfonamides is 1. The molecule has 0 atom stereocenters. The van der Waals surface area contributed by atoms with Crippen LogP contribution in [0.1, 0.15) is 12.0 Å². The monoisotopic (exact) mass is 317 g/mol. The molecule has 1 aromatic carbocycles. The van der Waals surface area contributed by atoms with Gasteiger partial charge in [0.25, 0.3) is 0 Å². The minimum Gasteiger partial charge on any atom is -0.397 e. The first kappa shape index (κ1) is 15.1. The zero-order chi connectivity index (χ0) is 14.9. The third-order valence-corrected chi connectivity index (χ3v) is 5.56. The third kappa shape index (κ3) is 2.89. The maximum absolute atomic E-state index is 12.6. The number of hydrogen-bond donors (Lipinski definition) is 2. The molecular weight excluding hydrogens is 302 g/mol. The molecule has 1 amide bonds. The van der Waals surface area contributed by atoms with Crippen LogP contribution in [0.2, 0.25) is 5.02 Å². The average Bonchev–Trinajstić information content (AvgIpc) is 2.60. The Balaban J connectivity index is 2.37. The molecule has 0 bridgehead atoms. The molecule has 1 heterocycles. The zero-order valence-corrected chi connectivity index (χ0v) is 12.6. The van der Waals surface area contributed by atoms with Crippen molar-refractivity contribution in [3.05, 3.63) is 22.7 Å². The summed E-state index contributed by atoms with van der Waals surface area (Å²) >= 11 is 5.94. The first-order valence-electron chi connectivity index (χ1n) is 6.15. The fraction of sp³-hybridized carbons (Fsp3) is 0.417. The number of nitrogen functional groups attached to an aromatic ring is 1. The van der Waals surface area contributed by atoms with Gasteiger partial charge in [-0.1, -0.05) is 11.6 Å². The fourth-order valence-electron chi connectivity index (χ4n) is 2.05. The van der Waals surface area contributed by atoms with Crippen molar-refractivity contribution >= 4 is 33.2 Å². The van der Waals surface area contributed by atoms with E-state index >= 15 is 0 Å². The molecule has 0 spiro atoms. The maximum atomic E-state index is 12.6. The Labute approximate surface area is 122 Å². The Morgan fingerprint density at radius 3 is 2.70 bits per heavy atom. The second-order valence-corrected chi connectivity index (χ2v) is 6.96. The lowest BCUT2D eigenvalue weighted by Crippen LogP contribution is -2.34. The minimum absolute atomic E-state index is 0.103. The van der Waals surface area contributed by atoms with E-state index in [-0.39, 0.29) is 36.0 Å². The van der Waals surface area contributed by atoms with Crippen LogP contribution in [0, 0.1) is 6.92 Å². The molecule has 6 nitrogen and oxygen atoms in total. The molecule has 20 heavy (non-hydrogen) atoms. The quantitative estimate of drug-likeness (QED) is 0.787. The summed E-state index contributed by atoms with van der Waals surface area (Å²) in [5.74, 6) is -0.144. The highest BCUT2D eigenvalue weighted by atomic mass is 35.5. The molecule has 0 aromatic heterocycles. The van der Waals surface area contributed by atoms with Crippen molar-refractivity contribution in [3.63, 3.8) is 0 Å². The Kier molecular flexibility index (Phi) is 4.22. The normalized spacial score (nSPS) is 17.6. The molecule has 1 aromatic rings. The van der Waals surface area contributed by atoms with Gasteiger partial charge in [-0.15, -0.1) is 0 Å². The van der Waals surface area contributed by atoms with Gasteiger partial charge in [0.1, 0.15) is 0 Å². The highest BCUT2D eigenvalue weighted by Crippen LogP contribution is 2.28. The van der Waals surface area contributed by atoms with Crippen LogP contribution in [0.4, 0.5) is 5.69 Å².